The Bertz CT molecular complexity index is 469. The second-order valence-electron chi connectivity index (χ2n) is 5.41. The Kier molecular flexibility index (Phi) is 5.21. The highest BCUT2D eigenvalue weighted by molar-refractivity contribution is 5.67. The average Bonchev–Trinajstić information content (AvgIpc) is 2.34. The molecular formula is C14H22N2O4. The van der Waals surface area contributed by atoms with Crippen LogP contribution in [0.3, 0.4) is 0 Å². The lowest BCUT2D eigenvalue weighted by Gasteiger charge is -2.21. The minimum absolute atomic E-state index is 0.0595. The van der Waals surface area contributed by atoms with Gasteiger partial charge >= 0.3 is 6.09 Å². The number of methoxy groups -OCH3 is 1. The number of carbonyl (C=O) groups excluding carboxylic acids is 1. The summed E-state index contributed by atoms with van der Waals surface area (Å²) in [5.74, 6) is 0.648. The van der Waals surface area contributed by atoms with Crippen LogP contribution in [0.15, 0.2) is 18.2 Å². The number of hydrogen-bond donors (Lipinski definition) is 3. The van der Waals surface area contributed by atoms with Crippen LogP contribution in [0.4, 0.5) is 4.79 Å². The van der Waals surface area contributed by atoms with Crippen LogP contribution in [0.2, 0.25) is 0 Å². The summed E-state index contributed by atoms with van der Waals surface area (Å²) in [6.07, 6.45) is -0.546. The maximum absolute atomic E-state index is 11.5. The van der Waals surface area contributed by atoms with Crippen molar-refractivity contribution in [2.45, 2.75) is 32.4 Å². The predicted octanol–water partition coefficient (Wildman–Crippen LogP) is 1.93. The van der Waals surface area contributed by atoms with E-state index in [0.717, 1.165) is 0 Å². The quantitative estimate of drug-likeness (QED) is 0.784. The molecule has 1 amide bonds. The molecule has 112 valence electrons. The number of alkyl carbamates (subject to hydrolysis) is 1. The first-order valence-electron chi connectivity index (χ1n) is 6.32. The number of nitrogens with one attached hydrogen (secondary N) is 1. The Labute approximate surface area is 118 Å². The van der Waals surface area contributed by atoms with Gasteiger partial charge in [-0.05, 0) is 39.0 Å². The average molecular weight is 282 g/mol. The minimum atomic E-state index is -0.563. The van der Waals surface area contributed by atoms with Gasteiger partial charge in [-0.15, -0.1) is 0 Å². The van der Waals surface area contributed by atoms with E-state index >= 15 is 0 Å². The summed E-state index contributed by atoms with van der Waals surface area (Å²) < 4.78 is 10.2. The molecule has 1 aromatic carbocycles. The number of phenols is 1. The van der Waals surface area contributed by atoms with Gasteiger partial charge in [-0.2, -0.15) is 0 Å². The van der Waals surface area contributed by atoms with Gasteiger partial charge in [-0.3, -0.25) is 0 Å². The third-order valence-electron chi connectivity index (χ3n) is 2.50. The van der Waals surface area contributed by atoms with Crippen molar-refractivity contribution in [2.24, 2.45) is 5.73 Å². The standard InChI is InChI=1S/C14H22N2O4/c1-14(2,3)20-13(18)16-8-11(15)10-7-9(19-4)5-6-12(10)17/h5-7,11,17H,8,15H2,1-4H3,(H,16,18). The Morgan fingerprint density at radius 3 is 2.65 bits per heavy atom. The Balaban J connectivity index is 2.63. The highest BCUT2D eigenvalue weighted by atomic mass is 16.6. The molecule has 0 aliphatic carbocycles. The maximum atomic E-state index is 11.5. The zero-order chi connectivity index (χ0) is 15.3. The monoisotopic (exact) mass is 282 g/mol. The number of hydrogen-bond acceptors (Lipinski definition) is 5. The molecule has 1 atom stereocenters. The fourth-order valence-electron chi connectivity index (χ4n) is 1.57. The van der Waals surface area contributed by atoms with Crippen LogP contribution in [0.25, 0.3) is 0 Å². The lowest BCUT2D eigenvalue weighted by atomic mass is 10.1. The van der Waals surface area contributed by atoms with Crippen molar-refractivity contribution in [1.82, 2.24) is 5.32 Å². The lowest BCUT2D eigenvalue weighted by Crippen LogP contribution is -2.36. The first-order valence-corrected chi connectivity index (χ1v) is 6.32. The van der Waals surface area contributed by atoms with Crippen molar-refractivity contribution in [2.75, 3.05) is 13.7 Å². The SMILES string of the molecule is COc1ccc(O)c(C(N)CNC(=O)OC(C)(C)C)c1. The van der Waals surface area contributed by atoms with Crippen molar-refractivity contribution >= 4 is 6.09 Å². The first kappa shape index (κ1) is 16.1. The van der Waals surface area contributed by atoms with Gasteiger partial charge in [0.2, 0.25) is 0 Å². The highest BCUT2D eigenvalue weighted by Crippen LogP contribution is 2.27. The molecule has 0 saturated carbocycles. The third-order valence-corrected chi connectivity index (χ3v) is 2.50. The molecular weight excluding hydrogens is 260 g/mol. The molecule has 6 heteroatoms. The Morgan fingerprint density at radius 2 is 2.10 bits per heavy atom. The van der Waals surface area contributed by atoms with E-state index in [-0.39, 0.29) is 12.3 Å². The van der Waals surface area contributed by atoms with Gasteiger partial charge in [-0.25, -0.2) is 4.79 Å². The van der Waals surface area contributed by atoms with E-state index in [0.29, 0.717) is 11.3 Å². The number of amides is 1. The molecule has 1 aromatic rings. The molecule has 4 N–H and O–H groups in total. The number of rotatable bonds is 4. The zero-order valence-corrected chi connectivity index (χ0v) is 12.3. The van der Waals surface area contributed by atoms with Crippen LogP contribution in [0.1, 0.15) is 32.4 Å². The van der Waals surface area contributed by atoms with Gasteiger partial charge < -0.3 is 25.6 Å². The fraction of sp³-hybridized carbons (Fsp3) is 0.500. The van der Waals surface area contributed by atoms with Gasteiger partial charge in [0, 0.05) is 12.1 Å². The summed E-state index contributed by atoms with van der Waals surface area (Å²) in [4.78, 5) is 11.5. The van der Waals surface area contributed by atoms with E-state index < -0.39 is 17.7 Å². The van der Waals surface area contributed by atoms with Crippen molar-refractivity contribution < 1.29 is 19.4 Å². The summed E-state index contributed by atoms with van der Waals surface area (Å²) in [6, 6.07) is 4.21. The van der Waals surface area contributed by atoms with Crippen molar-refractivity contribution in [3.63, 3.8) is 0 Å². The molecule has 20 heavy (non-hydrogen) atoms. The number of phenolic OH excluding ortho intramolecular Hbond substituents is 1. The van der Waals surface area contributed by atoms with E-state index in [2.05, 4.69) is 5.32 Å². The molecule has 0 aliphatic rings. The molecule has 0 heterocycles. The summed E-state index contributed by atoms with van der Waals surface area (Å²) in [6.45, 7) is 5.48. The lowest BCUT2D eigenvalue weighted by molar-refractivity contribution is 0.0524. The largest absolute Gasteiger partial charge is 0.508 e. The Morgan fingerprint density at radius 1 is 1.45 bits per heavy atom. The third kappa shape index (κ3) is 4.97. The van der Waals surface area contributed by atoms with Gasteiger partial charge in [0.25, 0.3) is 0 Å². The van der Waals surface area contributed by atoms with Crippen LogP contribution in [0, 0.1) is 0 Å². The predicted molar refractivity (Wildman–Crippen MR) is 75.8 cm³/mol. The molecule has 0 bridgehead atoms. The van der Waals surface area contributed by atoms with E-state index in [1.165, 1.54) is 13.2 Å². The second-order valence-corrected chi connectivity index (χ2v) is 5.41. The van der Waals surface area contributed by atoms with Gasteiger partial charge in [-0.1, -0.05) is 0 Å². The van der Waals surface area contributed by atoms with Crippen molar-refractivity contribution in [3.05, 3.63) is 23.8 Å². The fourth-order valence-corrected chi connectivity index (χ4v) is 1.57. The Hall–Kier alpha value is -1.95. The molecule has 6 nitrogen and oxygen atoms in total. The molecule has 0 aromatic heterocycles. The summed E-state index contributed by atoms with van der Waals surface area (Å²) in [5, 5.41) is 12.3. The van der Waals surface area contributed by atoms with E-state index in [1.807, 2.05) is 0 Å². The number of nitrogens with two attached hydrogens (primary N) is 1. The zero-order valence-electron chi connectivity index (χ0n) is 12.3. The minimum Gasteiger partial charge on any atom is -0.508 e. The normalized spacial score (nSPS) is 12.7. The topological polar surface area (TPSA) is 93.8 Å². The molecule has 0 radical (unpaired) electrons. The highest BCUT2D eigenvalue weighted by Gasteiger charge is 2.18. The maximum Gasteiger partial charge on any atom is 0.407 e. The summed E-state index contributed by atoms with van der Waals surface area (Å²) in [5.41, 5.74) is 5.88. The number of aromatic hydroxyl groups is 1. The molecule has 0 spiro atoms. The summed E-state index contributed by atoms with van der Waals surface area (Å²) >= 11 is 0. The van der Waals surface area contributed by atoms with Crippen LogP contribution < -0.4 is 15.8 Å². The molecule has 1 rings (SSSR count). The molecule has 0 saturated heterocycles. The van der Waals surface area contributed by atoms with Gasteiger partial charge in [0.1, 0.15) is 17.1 Å². The van der Waals surface area contributed by atoms with Crippen molar-refractivity contribution in [3.8, 4) is 11.5 Å². The van der Waals surface area contributed by atoms with Crippen LogP contribution in [-0.2, 0) is 4.74 Å². The van der Waals surface area contributed by atoms with E-state index in [4.69, 9.17) is 15.2 Å². The van der Waals surface area contributed by atoms with E-state index in [9.17, 15) is 9.90 Å². The number of ether oxygens (including phenoxy) is 2. The van der Waals surface area contributed by atoms with Crippen LogP contribution in [-0.4, -0.2) is 30.5 Å². The second kappa shape index (κ2) is 6.47. The molecule has 0 aliphatic heterocycles. The van der Waals surface area contributed by atoms with E-state index in [1.54, 1.807) is 32.9 Å². The summed E-state index contributed by atoms with van der Waals surface area (Å²) in [7, 11) is 1.53. The smallest absolute Gasteiger partial charge is 0.407 e. The van der Waals surface area contributed by atoms with Gasteiger partial charge in [0.15, 0.2) is 0 Å². The molecule has 0 fully saturated rings. The molecule has 1 unspecified atom stereocenters. The number of carbonyl (C=O) groups is 1. The van der Waals surface area contributed by atoms with Crippen LogP contribution in [0.5, 0.6) is 11.5 Å². The van der Waals surface area contributed by atoms with Gasteiger partial charge in [0.05, 0.1) is 13.2 Å². The van der Waals surface area contributed by atoms with Crippen molar-refractivity contribution in [1.29, 1.82) is 0 Å². The number of benzene rings is 1. The first-order chi connectivity index (χ1) is 9.23. The van der Waals surface area contributed by atoms with Crippen LogP contribution >= 0.6 is 0 Å².